The molecule has 6 nitrogen and oxygen atoms in total. The third kappa shape index (κ3) is 4.87. The van der Waals surface area contributed by atoms with Gasteiger partial charge in [-0.25, -0.2) is 9.59 Å². The number of nitrogens with one attached hydrogen (secondary N) is 4. The van der Waals surface area contributed by atoms with Crippen molar-refractivity contribution < 1.29 is 9.59 Å². The maximum absolute atomic E-state index is 13.0. The van der Waals surface area contributed by atoms with Gasteiger partial charge in [0.2, 0.25) is 0 Å². The molecule has 0 aliphatic heterocycles. The Hall–Kier alpha value is -5.10. The van der Waals surface area contributed by atoms with Gasteiger partial charge in [0.15, 0.2) is 0 Å². The molecule has 4 N–H and O–H groups in total. The fourth-order valence-corrected chi connectivity index (χ4v) is 5.17. The van der Waals surface area contributed by atoms with E-state index in [4.69, 9.17) is 0 Å². The second kappa shape index (κ2) is 9.89. The molecule has 6 aromatic rings. The van der Waals surface area contributed by atoms with Crippen LogP contribution in [0.4, 0.5) is 32.3 Å². The Morgan fingerprint density at radius 2 is 0.975 bits per heavy atom. The molecule has 0 aromatic heterocycles. The van der Waals surface area contributed by atoms with E-state index < -0.39 is 0 Å². The van der Waals surface area contributed by atoms with Crippen molar-refractivity contribution in [2.24, 2.45) is 0 Å². The monoisotopic (exact) mass is 526 g/mol. The fourth-order valence-electron chi connectivity index (χ4n) is 5.17. The predicted molar refractivity (Wildman–Crippen MR) is 167 cm³/mol. The summed E-state index contributed by atoms with van der Waals surface area (Å²) in [5.74, 6) is 0. The molecule has 0 unspecified atom stereocenters. The summed E-state index contributed by atoms with van der Waals surface area (Å²) >= 11 is 0. The molecule has 0 bridgehead atoms. The van der Waals surface area contributed by atoms with Crippen LogP contribution in [-0.4, -0.2) is 12.1 Å². The Bertz CT molecular complexity index is 1740. The van der Waals surface area contributed by atoms with Crippen molar-refractivity contribution in [3.05, 3.63) is 109 Å². The Balaban J connectivity index is 1.48. The molecular formula is C34H30N4O2. The molecule has 4 amide bonds. The van der Waals surface area contributed by atoms with E-state index in [9.17, 15) is 9.59 Å². The van der Waals surface area contributed by atoms with Crippen molar-refractivity contribution >= 4 is 67.1 Å². The van der Waals surface area contributed by atoms with E-state index >= 15 is 0 Å². The zero-order chi connectivity index (χ0) is 27.9. The number of rotatable bonds is 4. The van der Waals surface area contributed by atoms with Crippen molar-refractivity contribution in [2.75, 3.05) is 21.3 Å². The lowest BCUT2D eigenvalue weighted by Gasteiger charge is -2.23. The summed E-state index contributed by atoms with van der Waals surface area (Å²) in [7, 11) is 0. The quantitative estimate of drug-likeness (QED) is 0.173. The summed E-state index contributed by atoms with van der Waals surface area (Å²) in [6.07, 6.45) is 0. The predicted octanol–water partition coefficient (Wildman–Crippen LogP) is 9.17. The number of carbonyl (C=O) groups excluding carboxylic acids is 2. The lowest BCUT2D eigenvalue weighted by molar-refractivity contribution is 0.261. The number of amides is 4. The van der Waals surface area contributed by atoms with Gasteiger partial charge in [0.25, 0.3) is 0 Å². The second-order valence-electron chi connectivity index (χ2n) is 11.0. The number of benzene rings is 6. The summed E-state index contributed by atoms with van der Waals surface area (Å²) in [4.78, 5) is 26.1. The Morgan fingerprint density at radius 3 is 1.40 bits per heavy atom. The standard InChI is InChI=1S/C34H30N4O2/c1-34(2,3)23-18-21-14-16-26-28(37-32(39)35-24-10-6-4-7-11-24)20-29(27-17-15-22(19-23)30(21)31(26)27)38-33(40)36-25-12-8-5-9-13-25/h4-20H,1-3H3,(H2,35,37,39)(H2,36,38,40). The van der Waals surface area contributed by atoms with Gasteiger partial charge in [-0.2, -0.15) is 0 Å². The molecule has 0 fully saturated rings. The molecule has 40 heavy (non-hydrogen) atoms. The van der Waals surface area contributed by atoms with Crippen molar-refractivity contribution in [3.8, 4) is 0 Å². The van der Waals surface area contributed by atoms with Gasteiger partial charge in [-0.3, -0.25) is 0 Å². The summed E-state index contributed by atoms with van der Waals surface area (Å²) in [5.41, 5.74) is 3.82. The highest BCUT2D eigenvalue weighted by Gasteiger charge is 2.20. The number of anilines is 4. The third-order valence-electron chi connectivity index (χ3n) is 7.14. The first-order valence-corrected chi connectivity index (χ1v) is 13.3. The number of hydrogen-bond donors (Lipinski definition) is 4. The van der Waals surface area contributed by atoms with Crippen LogP contribution in [0, 0.1) is 0 Å². The van der Waals surface area contributed by atoms with Gasteiger partial charge >= 0.3 is 12.1 Å². The maximum Gasteiger partial charge on any atom is 0.323 e. The average molecular weight is 527 g/mol. The van der Waals surface area contributed by atoms with Crippen LogP contribution in [0.5, 0.6) is 0 Å². The first-order valence-electron chi connectivity index (χ1n) is 13.3. The minimum absolute atomic E-state index is 0.00502. The van der Waals surface area contributed by atoms with Gasteiger partial charge < -0.3 is 21.3 Å². The first kappa shape index (κ1) is 25.2. The lowest BCUT2D eigenvalue weighted by atomic mass is 9.83. The van der Waals surface area contributed by atoms with Gasteiger partial charge in [-0.15, -0.1) is 0 Å². The van der Waals surface area contributed by atoms with Crippen molar-refractivity contribution in [2.45, 2.75) is 26.2 Å². The molecule has 0 aliphatic rings. The highest BCUT2D eigenvalue weighted by Crippen LogP contribution is 2.43. The molecule has 6 rings (SSSR count). The molecular weight excluding hydrogens is 496 g/mol. The molecule has 0 aliphatic carbocycles. The summed E-state index contributed by atoms with van der Waals surface area (Å²) in [6.45, 7) is 6.63. The largest absolute Gasteiger partial charge is 0.323 e. The second-order valence-corrected chi connectivity index (χ2v) is 11.0. The van der Waals surface area contributed by atoms with Crippen molar-refractivity contribution in [1.82, 2.24) is 0 Å². The average Bonchev–Trinajstić information content (AvgIpc) is 2.93. The summed E-state index contributed by atoms with van der Waals surface area (Å²) < 4.78 is 0. The minimum Gasteiger partial charge on any atom is -0.308 e. The molecule has 6 heteroatoms. The van der Waals surface area contributed by atoms with Gasteiger partial charge in [0, 0.05) is 27.5 Å². The van der Waals surface area contributed by atoms with Crippen LogP contribution in [0.25, 0.3) is 32.3 Å². The zero-order valence-electron chi connectivity index (χ0n) is 22.6. The highest BCUT2D eigenvalue weighted by atomic mass is 16.2. The van der Waals surface area contributed by atoms with E-state index in [2.05, 4.69) is 66.3 Å². The zero-order valence-corrected chi connectivity index (χ0v) is 22.6. The van der Waals surface area contributed by atoms with Crippen LogP contribution in [-0.2, 0) is 5.41 Å². The van der Waals surface area contributed by atoms with Crippen molar-refractivity contribution in [3.63, 3.8) is 0 Å². The van der Waals surface area contributed by atoms with Gasteiger partial charge in [-0.1, -0.05) is 93.6 Å². The molecule has 198 valence electrons. The smallest absolute Gasteiger partial charge is 0.308 e. The Labute approximate surface area is 232 Å². The van der Waals surface area contributed by atoms with Crippen LogP contribution in [0.15, 0.2) is 103 Å². The maximum atomic E-state index is 13.0. The van der Waals surface area contributed by atoms with E-state index in [1.165, 1.54) is 5.56 Å². The van der Waals surface area contributed by atoms with Crippen LogP contribution >= 0.6 is 0 Å². The topological polar surface area (TPSA) is 82.3 Å². The fraction of sp³-hybridized carbons (Fsp3) is 0.118. The van der Waals surface area contributed by atoms with E-state index in [-0.39, 0.29) is 17.5 Å². The van der Waals surface area contributed by atoms with E-state index in [1.807, 2.05) is 78.9 Å². The molecule has 0 radical (unpaired) electrons. The normalized spacial score (nSPS) is 11.6. The van der Waals surface area contributed by atoms with Crippen LogP contribution in [0.3, 0.4) is 0 Å². The van der Waals surface area contributed by atoms with Gasteiger partial charge in [0.05, 0.1) is 11.4 Å². The number of urea groups is 2. The lowest BCUT2D eigenvalue weighted by Crippen LogP contribution is -2.21. The van der Waals surface area contributed by atoms with Crippen LogP contribution < -0.4 is 21.3 Å². The number of para-hydroxylation sites is 2. The Kier molecular flexibility index (Phi) is 6.23. The van der Waals surface area contributed by atoms with Crippen LogP contribution in [0.2, 0.25) is 0 Å². The first-order chi connectivity index (χ1) is 19.3. The third-order valence-corrected chi connectivity index (χ3v) is 7.14. The molecule has 0 saturated carbocycles. The van der Waals surface area contributed by atoms with E-state index in [0.29, 0.717) is 22.7 Å². The van der Waals surface area contributed by atoms with Gasteiger partial charge in [-0.05, 0) is 57.5 Å². The van der Waals surface area contributed by atoms with E-state index in [0.717, 1.165) is 32.3 Å². The summed E-state index contributed by atoms with van der Waals surface area (Å²) in [5, 5.41) is 17.9. The number of hydrogen-bond acceptors (Lipinski definition) is 2. The SMILES string of the molecule is CC(C)(C)c1cc2ccc3c(NC(=O)Nc4ccccc4)cc(NC(=O)Nc4ccccc4)c4ccc(c1)c2c34. The molecule has 0 atom stereocenters. The van der Waals surface area contributed by atoms with Gasteiger partial charge in [0.1, 0.15) is 0 Å². The molecule has 0 spiro atoms. The van der Waals surface area contributed by atoms with Crippen molar-refractivity contribution in [1.29, 1.82) is 0 Å². The summed E-state index contributed by atoms with van der Waals surface area (Å²) in [6, 6.07) is 32.4. The molecule has 0 saturated heterocycles. The number of carbonyl (C=O) groups is 2. The van der Waals surface area contributed by atoms with Crippen LogP contribution in [0.1, 0.15) is 26.3 Å². The Morgan fingerprint density at radius 1 is 0.525 bits per heavy atom. The van der Waals surface area contributed by atoms with E-state index in [1.54, 1.807) is 0 Å². The minimum atomic E-state index is -0.365. The highest BCUT2D eigenvalue weighted by molar-refractivity contribution is 6.29. The molecule has 0 heterocycles. The molecule has 6 aromatic carbocycles.